The van der Waals surface area contributed by atoms with Gasteiger partial charge >= 0.3 is 0 Å². The van der Waals surface area contributed by atoms with Crippen LogP contribution in [0, 0.1) is 0 Å². The predicted molar refractivity (Wildman–Crippen MR) is 288 cm³/mol. The minimum Gasteiger partial charge on any atom is -0.309 e. The van der Waals surface area contributed by atoms with E-state index in [0.29, 0.717) is 0 Å². The molecule has 0 bridgehead atoms. The average Bonchev–Trinajstić information content (AvgIpc) is 3.94. The summed E-state index contributed by atoms with van der Waals surface area (Å²) in [6, 6.07) is 97.4. The summed E-state index contributed by atoms with van der Waals surface area (Å²) in [6.45, 7) is 0. The number of hydrogen-bond donors (Lipinski definition) is 0. The van der Waals surface area contributed by atoms with Crippen LogP contribution in [0.15, 0.2) is 267 Å². The monoisotopic (exact) mass is 864 g/mol. The van der Waals surface area contributed by atoms with E-state index in [0.717, 1.165) is 11.4 Å². The molecule has 0 radical (unpaired) electrons. The largest absolute Gasteiger partial charge is 0.309 e. The molecule has 2 heteroatoms. The molecule has 0 atom stereocenters. The molecule has 0 saturated heterocycles. The Hall–Kier alpha value is -8.98. The molecular weight excluding hydrogens is 821 g/mol. The van der Waals surface area contributed by atoms with Gasteiger partial charge in [0, 0.05) is 32.8 Å². The van der Waals surface area contributed by atoms with Crippen molar-refractivity contribution in [1.82, 2.24) is 9.13 Å². The molecule has 68 heavy (non-hydrogen) atoms. The summed E-state index contributed by atoms with van der Waals surface area (Å²) in [5, 5.41) is 4.96. The molecular formula is C66H44N2. The molecule has 0 fully saturated rings. The molecule has 13 aromatic rings. The van der Waals surface area contributed by atoms with Crippen molar-refractivity contribution in [2.24, 2.45) is 0 Å². The van der Waals surface area contributed by atoms with Crippen LogP contribution in [0.2, 0.25) is 0 Å². The van der Waals surface area contributed by atoms with Crippen LogP contribution in [0.5, 0.6) is 0 Å². The quantitative estimate of drug-likeness (QED) is 0.144. The molecule has 2 aromatic heterocycles. The number of hydrogen-bond acceptors (Lipinski definition) is 0. The molecule has 13 rings (SSSR count). The smallest absolute Gasteiger partial charge is 0.0547 e. The zero-order valence-electron chi connectivity index (χ0n) is 37.3. The van der Waals surface area contributed by atoms with E-state index in [-0.39, 0.29) is 0 Å². The van der Waals surface area contributed by atoms with E-state index in [1.54, 1.807) is 0 Å². The molecule has 0 aliphatic rings. The van der Waals surface area contributed by atoms with Gasteiger partial charge in [-0.3, -0.25) is 0 Å². The summed E-state index contributed by atoms with van der Waals surface area (Å²) in [5.41, 5.74) is 21.5. The Labute approximate surface area is 395 Å². The van der Waals surface area contributed by atoms with E-state index < -0.39 is 0 Å². The van der Waals surface area contributed by atoms with Crippen LogP contribution in [0.1, 0.15) is 0 Å². The van der Waals surface area contributed by atoms with Crippen LogP contribution in [0.3, 0.4) is 0 Å². The highest BCUT2D eigenvalue weighted by molar-refractivity contribution is 6.17. The standard InChI is InChI=1S/C66H44N2/c1-5-17-45(18-6-1)50-23-15-24-54(41-50)57-28-16-30-64-66(57)60-43-52(37-40-63(60)67(64)55-25-11-4-12-26-55)48-33-31-47(32-34-48)51-36-39-62-59(42-51)58-27-13-14-29-61(58)68(62)65-44-53(46-19-7-2-8-20-46)35-38-56(65)49-21-9-3-10-22-49/h1-44H. The third-order valence-corrected chi connectivity index (χ3v) is 13.7. The summed E-state index contributed by atoms with van der Waals surface area (Å²) >= 11 is 0. The molecule has 0 unspecified atom stereocenters. The van der Waals surface area contributed by atoms with Gasteiger partial charge in [0.05, 0.1) is 27.8 Å². The molecule has 2 heterocycles. The Morgan fingerprint density at radius 1 is 0.206 bits per heavy atom. The second kappa shape index (κ2) is 16.5. The fraction of sp³-hybridized carbons (Fsp3) is 0. The maximum Gasteiger partial charge on any atom is 0.0547 e. The summed E-state index contributed by atoms with van der Waals surface area (Å²) in [7, 11) is 0. The highest BCUT2D eigenvalue weighted by atomic mass is 15.0. The lowest BCUT2D eigenvalue weighted by atomic mass is 9.94. The summed E-state index contributed by atoms with van der Waals surface area (Å²) in [4.78, 5) is 0. The molecule has 11 aromatic carbocycles. The van der Waals surface area contributed by atoms with Crippen molar-refractivity contribution < 1.29 is 0 Å². The average molecular weight is 865 g/mol. The maximum absolute atomic E-state index is 2.46. The summed E-state index contributed by atoms with van der Waals surface area (Å²) in [6.07, 6.45) is 0. The molecule has 2 nitrogen and oxygen atoms in total. The lowest BCUT2D eigenvalue weighted by Crippen LogP contribution is -1.98. The molecule has 0 saturated carbocycles. The first kappa shape index (κ1) is 39.4. The van der Waals surface area contributed by atoms with E-state index in [1.165, 1.54) is 110 Å². The minimum absolute atomic E-state index is 1.15. The van der Waals surface area contributed by atoms with Crippen LogP contribution in [-0.2, 0) is 0 Å². The molecule has 0 N–H and O–H groups in total. The Bertz CT molecular complexity index is 3980. The van der Waals surface area contributed by atoms with Crippen molar-refractivity contribution in [2.75, 3.05) is 0 Å². The van der Waals surface area contributed by atoms with E-state index in [2.05, 4.69) is 276 Å². The second-order valence-electron chi connectivity index (χ2n) is 17.7. The lowest BCUT2D eigenvalue weighted by Gasteiger charge is -2.16. The van der Waals surface area contributed by atoms with Crippen LogP contribution in [0.4, 0.5) is 0 Å². The third kappa shape index (κ3) is 6.73. The van der Waals surface area contributed by atoms with Crippen molar-refractivity contribution >= 4 is 43.6 Å². The van der Waals surface area contributed by atoms with Gasteiger partial charge in [0.2, 0.25) is 0 Å². The van der Waals surface area contributed by atoms with Crippen molar-refractivity contribution in [3.8, 4) is 78.1 Å². The summed E-state index contributed by atoms with van der Waals surface area (Å²) < 4.78 is 4.88. The van der Waals surface area contributed by atoms with Gasteiger partial charge in [0.15, 0.2) is 0 Å². The second-order valence-corrected chi connectivity index (χ2v) is 17.7. The van der Waals surface area contributed by atoms with Gasteiger partial charge in [-0.05, 0) is 122 Å². The minimum atomic E-state index is 1.15. The zero-order chi connectivity index (χ0) is 45.0. The van der Waals surface area contributed by atoms with Gasteiger partial charge in [0.1, 0.15) is 0 Å². The van der Waals surface area contributed by atoms with Crippen molar-refractivity contribution in [3.05, 3.63) is 267 Å². The first-order chi connectivity index (χ1) is 33.7. The summed E-state index contributed by atoms with van der Waals surface area (Å²) in [5.74, 6) is 0. The van der Waals surface area contributed by atoms with Crippen LogP contribution in [0.25, 0.3) is 122 Å². The number of para-hydroxylation sites is 2. The molecule has 0 amide bonds. The fourth-order valence-electron chi connectivity index (χ4n) is 10.5. The number of rotatable bonds is 8. The predicted octanol–water partition coefficient (Wildman–Crippen LogP) is 17.9. The van der Waals surface area contributed by atoms with E-state index in [4.69, 9.17) is 0 Å². The number of fused-ring (bicyclic) bond motifs is 6. The molecule has 318 valence electrons. The van der Waals surface area contributed by atoms with Crippen LogP contribution in [-0.4, -0.2) is 9.13 Å². The Kier molecular flexibility index (Phi) is 9.54. The Morgan fingerprint density at radius 2 is 0.647 bits per heavy atom. The Balaban J connectivity index is 0.917. The van der Waals surface area contributed by atoms with Gasteiger partial charge < -0.3 is 9.13 Å². The molecule has 0 spiro atoms. The van der Waals surface area contributed by atoms with E-state index >= 15 is 0 Å². The first-order valence-corrected chi connectivity index (χ1v) is 23.4. The first-order valence-electron chi connectivity index (χ1n) is 23.4. The van der Waals surface area contributed by atoms with Crippen molar-refractivity contribution in [3.63, 3.8) is 0 Å². The highest BCUT2D eigenvalue weighted by Gasteiger charge is 2.20. The fourth-order valence-corrected chi connectivity index (χ4v) is 10.5. The molecule has 0 aliphatic carbocycles. The highest BCUT2D eigenvalue weighted by Crippen LogP contribution is 2.43. The van der Waals surface area contributed by atoms with Crippen molar-refractivity contribution in [2.45, 2.75) is 0 Å². The maximum atomic E-state index is 2.46. The van der Waals surface area contributed by atoms with Gasteiger partial charge in [-0.15, -0.1) is 0 Å². The van der Waals surface area contributed by atoms with Gasteiger partial charge in [-0.25, -0.2) is 0 Å². The normalized spacial score (nSPS) is 11.5. The van der Waals surface area contributed by atoms with Crippen molar-refractivity contribution in [1.29, 1.82) is 0 Å². The van der Waals surface area contributed by atoms with E-state index in [9.17, 15) is 0 Å². The third-order valence-electron chi connectivity index (χ3n) is 13.7. The number of benzene rings is 11. The Morgan fingerprint density at radius 3 is 1.32 bits per heavy atom. The molecule has 0 aliphatic heterocycles. The van der Waals surface area contributed by atoms with Crippen LogP contribution < -0.4 is 0 Å². The number of aromatic nitrogens is 2. The zero-order valence-corrected chi connectivity index (χ0v) is 37.3. The van der Waals surface area contributed by atoms with Gasteiger partial charge in [0.25, 0.3) is 0 Å². The van der Waals surface area contributed by atoms with E-state index in [1.807, 2.05) is 0 Å². The van der Waals surface area contributed by atoms with Gasteiger partial charge in [-0.1, -0.05) is 206 Å². The topological polar surface area (TPSA) is 9.86 Å². The SMILES string of the molecule is c1ccc(-c2cccc(-c3cccc4c3c3cc(-c5ccc(-c6ccc7c(c6)c6ccccc6n7-c6cc(-c7ccccc7)ccc6-c6ccccc6)cc5)ccc3n4-c3ccccc3)c2)cc1. The van der Waals surface area contributed by atoms with Gasteiger partial charge in [-0.2, -0.15) is 0 Å². The van der Waals surface area contributed by atoms with Crippen LogP contribution >= 0.6 is 0 Å². The lowest BCUT2D eigenvalue weighted by molar-refractivity contribution is 1.18. The number of nitrogens with zero attached hydrogens (tertiary/aromatic N) is 2.